The Hall–Kier alpha value is -0.710. The highest BCUT2D eigenvalue weighted by Gasteiger charge is 2.13. The van der Waals surface area contributed by atoms with Gasteiger partial charge in [-0.3, -0.25) is 4.79 Å². The molecule has 2 N–H and O–H groups in total. The maximum absolute atomic E-state index is 11.7. The molecule has 0 saturated carbocycles. The van der Waals surface area contributed by atoms with Gasteiger partial charge in [0.25, 0.3) is 0 Å². The number of amides is 1. The predicted molar refractivity (Wildman–Crippen MR) is 81.5 cm³/mol. The zero-order chi connectivity index (χ0) is 14.3. The zero-order valence-electron chi connectivity index (χ0n) is 11.2. The van der Waals surface area contributed by atoms with Crippen molar-refractivity contribution in [3.63, 3.8) is 0 Å². The molecule has 0 spiro atoms. The molecule has 0 bridgehead atoms. The molecule has 0 heterocycles. The van der Waals surface area contributed by atoms with Crippen molar-refractivity contribution in [1.29, 1.82) is 0 Å². The lowest BCUT2D eigenvalue weighted by Crippen LogP contribution is -2.39. The van der Waals surface area contributed by atoms with E-state index < -0.39 is 0 Å². The third kappa shape index (κ3) is 6.32. The molecule has 2 unspecified atom stereocenters. The number of hydrogen-bond donors (Lipinski definition) is 2. The lowest BCUT2D eigenvalue weighted by Gasteiger charge is -2.19. The van der Waals surface area contributed by atoms with Crippen molar-refractivity contribution < 1.29 is 9.90 Å². The van der Waals surface area contributed by atoms with Gasteiger partial charge in [-0.15, -0.1) is 11.8 Å². The Labute approximate surface area is 123 Å². The molecule has 0 fully saturated rings. The molecule has 19 heavy (non-hydrogen) atoms. The standard InChI is InChI=1S/C14H20ClNO2S/c1-10(7-17)11(2)16-14(18)9-19-8-12-3-5-13(15)6-4-12/h3-6,10-11,17H,7-9H2,1-2H3,(H,16,18). The summed E-state index contributed by atoms with van der Waals surface area (Å²) in [5.41, 5.74) is 1.15. The van der Waals surface area contributed by atoms with Crippen LogP contribution in [-0.4, -0.2) is 29.4 Å². The Morgan fingerprint density at radius 1 is 1.37 bits per heavy atom. The predicted octanol–water partition coefficient (Wildman–Crippen LogP) is 2.71. The summed E-state index contributed by atoms with van der Waals surface area (Å²) in [6.45, 7) is 3.90. The van der Waals surface area contributed by atoms with Crippen LogP contribution in [0, 0.1) is 5.92 Å². The van der Waals surface area contributed by atoms with Crippen LogP contribution in [0.3, 0.4) is 0 Å². The Morgan fingerprint density at radius 2 is 2.00 bits per heavy atom. The van der Waals surface area contributed by atoms with Crippen LogP contribution in [0.25, 0.3) is 0 Å². The van der Waals surface area contributed by atoms with Crippen molar-refractivity contribution in [3.8, 4) is 0 Å². The third-order valence-electron chi connectivity index (χ3n) is 2.95. The monoisotopic (exact) mass is 301 g/mol. The van der Waals surface area contributed by atoms with E-state index in [0.29, 0.717) is 5.75 Å². The first-order valence-electron chi connectivity index (χ1n) is 6.25. The Balaban J connectivity index is 2.25. The first-order valence-corrected chi connectivity index (χ1v) is 7.78. The van der Waals surface area contributed by atoms with Gasteiger partial charge in [-0.1, -0.05) is 30.7 Å². The van der Waals surface area contributed by atoms with Crippen LogP contribution in [0.5, 0.6) is 0 Å². The summed E-state index contributed by atoms with van der Waals surface area (Å²) < 4.78 is 0. The van der Waals surface area contributed by atoms with Gasteiger partial charge < -0.3 is 10.4 Å². The minimum Gasteiger partial charge on any atom is -0.396 e. The van der Waals surface area contributed by atoms with E-state index in [1.807, 2.05) is 38.1 Å². The lowest BCUT2D eigenvalue weighted by molar-refractivity contribution is -0.119. The SMILES string of the molecule is CC(CO)C(C)NC(=O)CSCc1ccc(Cl)cc1. The molecule has 1 amide bonds. The van der Waals surface area contributed by atoms with Gasteiger partial charge >= 0.3 is 0 Å². The van der Waals surface area contributed by atoms with E-state index in [0.717, 1.165) is 16.3 Å². The summed E-state index contributed by atoms with van der Waals surface area (Å²) in [4.78, 5) is 11.7. The summed E-state index contributed by atoms with van der Waals surface area (Å²) in [5, 5.41) is 12.6. The van der Waals surface area contributed by atoms with Crippen molar-refractivity contribution in [2.24, 2.45) is 5.92 Å². The fourth-order valence-electron chi connectivity index (χ4n) is 1.44. The quantitative estimate of drug-likeness (QED) is 0.814. The second-order valence-corrected chi connectivity index (χ2v) is 6.06. The number of carbonyl (C=O) groups excluding carboxylic acids is 1. The summed E-state index contributed by atoms with van der Waals surface area (Å²) >= 11 is 7.37. The number of aliphatic hydroxyl groups excluding tert-OH is 1. The van der Waals surface area contributed by atoms with Crippen LogP contribution < -0.4 is 5.32 Å². The normalized spacial score (nSPS) is 13.9. The highest BCUT2D eigenvalue weighted by atomic mass is 35.5. The van der Waals surface area contributed by atoms with Gasteiger partial charge in [0, 0.05) is 23.4 Å². The number of hydrogen-bond acceptors (Lipinski definition) is 3. The number of rotatable bonds is 7. The van der Waals surface area contributed by atoms with Gasteiger partial charge in [-0.05, 0) is 30.5 Å². The van der Waals surface area contributed by atoms with Crippen LogP contribution in [0.2, 0.25) is 5.02 Å². The number of aliphatic hydroxyl groups is 1. The van der Waals surface area contributed by atoms with Gasteiger partial charge in [0.2, 0.25) is 5.91 Å². The number of halogens is 1. The number of benzene rings is 1. The van der Waals surface area contributed by atoms with Crippen LogP contribution in [0.15, 0.2) is 24.3 Å². The fourth-order valence-corrected chi connectivity index (χ4v) is 2.36. The van der Waals surface area contributed by atoms with E-state index >= 15 is 0 Å². The van der Waals surface area contributed by atoms with Crippen LogP contribution >= 0.6 is 23.4 Å². The molecular weight excluding hydrogens is 282 g/mol. The molecule has 0 aromatic heterocycles. The van der Waals surface area contributed by atoms with E-state index in [1.54, 1.807) is 11.8 Å². The second-order valence-electron chi connectivity index (χ2n) is 4.64. The maximum atomic E-state index is 11.7. The Bertz CT molecular complexity index is 397. The molecule has 1 aromatic carbocycles. The van der Waals surface area contributed by atoms with E-state index in [1.165, 1.54) is 0 Å². The first kappa shape index (κ1) is 16.3. The average Bonchev–Trinajstić information content (AvgIpc) is 2.40. The van der Waals surface area contributed by atoms with Crippen molar-refractivity contribution in [1.82, 2.24) is 5.32 Å². The smallest absolute Gasteiger partial charge is 0.230 e. The lowest BCUT2D eigenvalue weighted by atomic mass is 10.1. The van der Waals surface area contributed by atoms with Gasteiger partial charge in [0.15, 0.2) is 0 Å². The summed E-state index contributed by atoms with van der Waals surface area (Å²) in [5.74, 6) is 1.29. The van der Waals surface area contributed by atoms with E-state index in [4.69, 9.17) is 16.7 Å². The van der Waals surface area contributed by atoms with E-state index in [9.17, 15) is 4.79 Å². The van der Waals surface area contributed by atoms with Crippen molar-refractivity contribution in [2.45, 2.75) is 25.6 Å². The molecular formula is C14H20ClNO2S. The van der Waals surface area contributed by atoms with E-state index in [2.05, 4.69) is 5.32 Å². The average molecular weight is 302 g/mol. The Morgan fingerprint density at radius 3 is 2.58 bits per heavy atom. The van der Waals surface area contributed by atoms with Crippen molar-refractivity contribution in [2.75, 3.05) is 12.4 Å². The van der Waals surface area contributed by atoms with Crippen LogP contribution in [0.4, 0.5) is 0 Å². The maximum Gasteiger partial charge on any atom is 0.230 e. The molecule has 2 atom stereocenters. The Kier molecular flexibility index (Phi) is 7.28. The van der Waals surface area contributed by atoms with E-state index in [-0.39, 0.29) is 24.5 Å². The molecule has 0 aliphatic rings. The fraction of sp³-hybridized carbons (Fsp3) is 0.500. The number of thioether (sulfide) groups is 1. The minimum atomic E-state index is -0.00590. The molecule has 1 rings (SSSR count). The number of nitrogens with one attached hydrogen (secondary N) is 1. The van der Waals surface area contributed by atoms with Crippen LogP contribution in [-0.2, 0) is 10.5 Å². The first-order chi connectivity index (χ1) is 9.02. The highest BCUT2D eigenvalue weighted by Crippen LogP contribution is 2.15. The summed E-state index contributed by atoms with van der Waals surface area (Å²) in [6, 6.07) is 7.62. The van der Waals surface area contributed by atoms with Crippen molar-refractivity contribution in [3.05, 3.63) is 34.9 Å². The van der Waals surface area contributed by atoms with Gasteiger partial charge in [-0.2, -0.15) is 0 Å². The molecule has 3 nitrogen and oxygen atoms in total. The largest absolute Gasteiger partial charge is 0.396 e. The minimum absolute atomic E-state index is 0.00590. The topological polar surface area (TPSA) is 49.3 Å². The second kappa shape index (κ2) is 8.46. The molecule has 0 aliphatic heterocycles. The summed E-state index contributed by atoms with van der Waals surface area (Å²) in [7, 11) is 0. The molecule has 5 heteroatoms. The third-order valence-corrected chi connectivity index (χ3v) is 4.20. The van der Waals surface area contributed by atoms with Gasteiger partial charge in [0.05, 0.1) is 5.75 Å². The molecule has 0 radical (unpaired) electrons. The number of carbonyl (C=O) groups is 1. The van der Waals surface area contributed by atoms with Gasteiger partial charge in [-0.25, -0.2) is 0 Å². The zero-order valence-corrected chi connectivity index (χ0v) is 12.8. The van der Waals surface area contributed by atoms with Crippen LogP contribution in [0.1, 0.15) is 19.4 Å². The molecule has 0 saturated heterocycles. The summed E-state index contributed by atoms with van der Waals surface area (Å²) in [6.07, 6.45) is 0. The highest BCUT2D eigenvalue weighted by molar-refractivity contribution is 7.99. The van der Waals surface area contributed by atoms with Crippen molar-refractivity contribution >= 4 is 29.3 Å². The molecule has 106 valence electrons. The molecule has 0 aliphatic carbocycles. The molecule has 1 aromatic rings. The van der Waals surface area contributed by atoms with Gasteiger partial charge in [0.1, 0.15) is 0 Å².